The summed E-state index contributed by atoms with van der Waals surface area (Å²) in [6, 6.07) is 19.6. The van der Waals surface area contributed by atoms with E-state index in [9.17, 15) is 0 Å². The maximum Gasteiger partial charge on any atom is 0.171 e. The summed E-state index contributed by atoms with van der Waals surface area (Å²) in [4.78, 5) is 1.62. The molecule has 24 heavy (non-hydrogen) atoms. The van der Waals surface area contributed by atoms with Gasteiger partial charge in [0.05, 0.1) is 19.1 Å². The first-order valence-electron chi connectivity index (χ1n) is 8.77. The second-order valence-corrected chi connectivity index (χ2v) is 6.91. The summed E-state index contributed by atoms with van der Waals surface area (Å²) in [7, 11) is 0. The lowest BCUT2D eigenvalue weighted by Crippen LogP contribution is -3.09. The van der Waals surface area contributed by atoms with Crippen LogP contribution in [0.3, 0.4) is 0 Å². The molecule has 1 fully saturated rings. The third-order valence-electron chi connectivity index (χ3n) is 4.63. The summed E-state index contributed by atoms with van der Waals surface area (Å²) in [6.07, 6.45) is 2.23. The largest absolute Gasteiger partial charge is 0.354 e. The molecule has 0 radical (unpaired) electrons. The first-order chi connectivity index (χ1) is 11.7. The Kier molecular flexibility index (Phi) is 5.83. The van der Waals surface area contributed by atoms with Crippen molar-refractivity contribution < 1.29 is 4.90 Å². The minimum absolute atomic E-state index is 0.457. The molecule has 1 heterocycles. The lowest BCUT2D eigenvalue weighted by atomic mass is 10.1. The number of benzene rings is 2. The first kappa shape index (κ1) is 16.9. The fraction of sp³-hybridized carbons (Fsp3) is 0.350. The lowest BCUT2D eigenvalue weighted by molar-refractivity contribution is -0.901. The number of nitrogens with one attached hydrogen (secondary N) is 3. The normalized spacial score (nSPS) is 19.9. The Morgan fingerprint density at radius 3 is 2.54 bits per heavy atom. The quantitative estimate of drug-likeness (QED) is 0.730. The minimum Gasteiger partial charge on any atom is -0.354 e. The monoisotopic (exact) mass is 340 g/mol. The predicted molar refractivity (Wildman–Crippen MR) is 104 cm³/mol. The molecule has 0 aliphatic carbocycles. The highest BCUT2D eigenvalue weighted by atomic mass is 32.1. The molecule has 0 bridgehead atoms. The van der Waals surface area contributed by atoms with E-state index in [1.54, 1.807) is 4.90 Å². The van der Waals surface area contributed by atoms with Crippen LogP contribution in [-0.2, 0) is 13.0 Å². The van der Waals surface area contributed by atoms with Crippen molar-refractivity contribution >= 4 is 23.0 Å². The van der Waals surface area contributed by atoms with Gasteiger partial charge in [0.1, 0.15) is 6.54 Å². The number of hydrogen-bond donors (Lipinski definition) is 3. The molecule has 2 atom stereocenters. The zero-order valence-corrected chi connectivity index (χ0v) is 15.0. The summed E-state index contributed by atoms with van der Waals surface area (Å²) >= 11 is 5.47. The van der Waals surface area contributed by atoms with Crippen molar-refractivity contribution in [3.63, 3.8) is 0 Å². The van der Waals surface area contributed by atoms with E-state index in [0.717, 1.165) is 30.3 Å². The van der Waals surface area contributed by atoms with E-state index in [0.29, 0.717) is 6.04 Å². The van der Waals surface area contributed by atoms with Gasteiger partial charge < -0.3 is 15.5 Å². The number of anilines is 1. The average molecular weight is 341 g/mol. The van der Waals surface area contributed by atoms with Crippen molar-refractivity contribution in [1.82, 2.24) is 5.32 Å². The highest BCUT2D eigenvalue weighted by Gasteiger charge is 2.26. The minimum atomic E-state index is 0.457. The van der Waals surface area contributed by atoms with Gasteiger partial charge in [0, 0.05) is 17.7 Å². The molecule has 1 saturated heterocycles. The zero-order valence-electron chi connectivity index (χ0n) is 14.2. The van der Waals surface area contributed by atoms with Crippen LogP contribution < -0.4 is 15.5 Å². The van der Waals surface area contributed by atoms with Crippen LogP contribution in [-0.4, -0.2) is 24.2 Å². The van der Waals surface area contributed by atoms with Crippen molar-refractivity contribution in [2.45, 2.75) is 32.4 Å². The molecular weight excluding hydrogens is 314 g/mol. The highest BCUT2D eigenvalue weighted by Crippen LogP contribution is 2.10. The molecule has 0 aromatic heterocycles. The molecule has 0 spiro atoms. The molecule has 3 nitrogen and oxygen atoms in total. The van der Waals surface area contributed by atoms with Crippen molar-refractivity contribution in [2.24, 2.45) is 0 Å². The summed E-state index contributed by atoms with van der Waals surface area (Å²) in [6.45, 7) is 5.57. The topological polar surface area (TPSA) is 28.5 Å². The molecule has 4 heteroatoms. The van der Waals surface area contributed by atoms with E-state index in [-0.39, 0.29) is 0 Å². The van der Waals surface area contributed by atoms with Gasteiger partial charge >= 0.3 is 0 Å². The molecule has 3 rings (SSSR count). The van der Waals surface area contributed by atoms with E-state index in [1.165, 1.54) is 24.1 Å². The number of hydrogen-bond acceptors (Lipinski definition) is 1. The van der Waals surface area contributed by atoms with Crippen LogP contribution in [0, 0.1) is 0 Å². The van der Waals surface area contributed by atoms with Gasteiger partial charge in [0.25, 0.3) is 0 Å². The van der Waals surface area contributed by atoms with Crippen molar-refractivity contribution in [3.8, 4) is 0 Å². The van der Waals surface area contributed by atoms with Crippen LogP contribution >= 0.6 is 12.2 Å². The number of rotatable bonds is 5. The molecular formula is C20H26N3S+. The first-order valence-corrected chi connectivity index (χ1v) is 9.17. The molecule has 2 aromatic carbocycles. The second kappa shape index (κ2) is 8.27. The van der Waals surface area contributed by atoms with Crippen LogP contribution in [0.1, 0.15) is 24.5 Å². The van der Waals surface area contributed by atoms with Gasteiger partial charge in [-0.2, -0.15) is 0 Å². The number of quaternary nitrogens is 1. The standard InChI is InChI=1S/C20H25N3S/c1-2-16-8-10-18(11-9-16)21-20(24)22-19-12-13-23(15-19)14-17-6-4-3-5-7-17/h3-11,19H,2,12-15H2,1H3,(H2,21,22,24)/p+1/t19-/m1/s1. The van der Waals surface area contributed by atoms with Gasteiger partial charge in [0.2, 0.25) is 0 Å². The smallest absolute Gasteiger partial charge is 0.171 e. The third-order valence-corrected chi connectivity index (χ3v) is 4.85. The molecule has 0 amide bonds. The summed E-state index contributed by atoms with van der Waals surface area (Å²) in [5.74, 6) is 0. The molecule has 126 valence electrons. The Balaban J connectivity index is 1.45. The summed E-state index contributed by atoms with van der Waals surface area (Å²) in [5, 5.41) is 7.49. The molecule has 0 saturated carbocycles. The number of likely N-dealkylation sites (tertiary alicyclic amines) is 1. The molecule has 1 aliphatic rings. The Morgan fingerprint density at radius 2 is 1.83 bits per heavy atom. The van der Waals surface area contributed by atoms with Crippen molar-refractivity contribution in [1.29, 1.82) is 0 Å². The summed E-state index contributed by atoms with van der Waals surface area (Å²) in [5.41, 5.74) is 3.80. The second-order valence-electron chi connectivity index (χ2n) is 6.50. The van der Waals surface area contributed by atoms with Crippen LogP contribution in [0.5, 0.6) is 0 Å². The molecule has 3 N–H and O–H groups in total. The van der Waals surface area contributed by atoms with Crippen molar-refractivity contribution in [2.75, 3.05) is 18.4 Å². The maximum absolute atomic E-state index is 5.47. The number of aryl methyl sites for hydroxylation is 1. The summed E-state index contributed by atoms with van der Waals surface area (Å²) < 4.78 is 0. The fourth-order valence-corrected chi connectivity index (χ4v) is 3.56. The molecule has 1 aliphatic heterocycles. The maximum atomic E-state index is 5.47. The predicted octanol–water partition coefficient (Wildman–Crippen LogP) is 2.39. The zero-order chi connectivity index (χ0) is 16.8. The van der Waals surface area contributed by atoms with Gasteiger partial charge in [0.15, 0.2) is 5.11 Å². The Morgan fingerprint density at radius 1 is 1.08 bits per heavy atom. The SMILES string of the molecule is CCc1ccc(NC(=S)N[C@@H]2CC[NH+](Cc3ccccc3)C2)cc1. The Labute approximate surface area is 150 Å². The Hall–Kier alpha value is -1.91. The van der Waals surface area contributed by atoms with Gasteiger partial charge in [-0.3, -0.25) is 0 Å². The van der Waals surface area contributed by atoms with Crippen LogP contribution in [0.4, 0.5) is 5.69 Å². The van der Waals surface area contributed by atoms with Gasteiger partial charge in [-0.25, -0.2) is 0 Å². The Bertz CT molecular complexity index is 654. The van der Waals surface area contributed by atoms with E-state index in [4.69, 9.17) is 12.2 Å². The van der Waals surface area contributed by atoms with E-state index in [1.807, 2.05) is 0 Å². The number of thiocarbonyl (C=S) groups is 1. The van der Waals surface area contributed by atoms with Crippen LogP contribution in [0.15, 0.2) is 54.6 Å². The van der Waals surface area contributed by atoms with Gasteiger partial charge in [-0.05, 0) is 36.3 Å². The van der Waals surface area contributed by atoms with E-state index < -0.39 is 0 Å². The average Bonchev–Trinajstić information content (AvgIpc) is 3.03. The van der Waals surface area contributed by atoms with E-state index >= 15 is 0 Å². The van der Waals surface area contributed by atoms with Gasteiger partial charge in [-0.1, -0.05) is 49.4 Å². The van der Waals surface area contributed by atoms with Crippen LogP contribution in [0.2, 0.25) is 0 Å². The fourth-order valence-electron chi connectivity index (χ4n) is 3.28. The van der Waals surface area contributed by atoms with Crippen molar-refractivity contribution in [3.05, 3.63) is 65.7 Å². The van der Waals surface area contributed by atoms with Gasteiger partial charge in [-0.15, -0.1) is 0 Å². The third kappa shape index (κ3) is 4.79. The highest BCUT2D eigenvalue weighted by molar-refractivity contribution is 7.80. The molecule has 1 unspecified atom stereocenters. The molecule has 2 aromatic rings. The lowest BCUT2D eigenvalue weighted by Gasteiger charge is -2.16. The van der Waals surface area contributed by atoms with Crippen LogP contribution in [0.25, 0.3) is 0 Å². The van der Waals surface area contributed by atoms with E-state index in [2.05, 4.69) is 72.2 Å².